The van der Waals surface area contributed by atoms with Crippen LogP contribution in [0.5, 0.6) is 0 Å². The van der Waals surface area contributed by atoms with E-state index in [0.717, 1.165) is 43.3 Å². The summed E-state index contributed by atoms with van der Waals surface area (Å²) in [5.74, 6) is -0.125. The second kappa shape index (κ2) is 7.76. The van der Waals surface area contributed by atoms with Gasteiger partial charge in [0.15, 0.2) is 0 Å². The van der Waals surface area contributed by atoms with E-state index < -0.39 is 5.91 Å². The number of nitrogens with one attached hydrogen (secondary N) is 1. The highest BCUT2D eigenvalue weighted by molar-refractivity contribution is 5.97. The standard InChI is InChI=1S/C23H26FN3O/c1-2-22(16-3-6-18(24)7-4-16)27-11-9-15(10-12-27)20-14-26-21-8-5-17(23(25)28)13-19(20)21/h3-8,13-15,22,26H,2,9-12H2,1H3,(H2,25,28)/t22-/m1/s1. The number of nitrogens with two attached hydrogens (primary N) is 1. The van der Waals surface area contributed by atoms with Gasteiger partial charge in [0.25, 0.3) is 0 Å². The Bertz CT molecular complexity index is 971. The lowest BCUT2D eigenvalue weighted by atomic mass is 9.87. The number of carbonyl (C=O) groups excluding carboxylic acids is 1. The predicted molar refractivity (Wildman–Crippen MR) is 110 cm³/mol. The van der Waals surface area contributed by atoms with Gasteiger partial charge in [-0.15, -0.1) is 0 Å². The van der Waals surface area contributed by atoms with E-state index in [9.17, 15) is 9.18 Å². The SMILES string of the molecule is CC[C@H](c1ccc(F)cc1)N1CCC(c2c[nH]c3ccc(C(N)=O)cc23)CC1. The van der Waals surface area contributed by atoms with Gasteiger partial charge in [-0.25, -0.2) is 4.39 Å². The van der Waals surface area contributed by atoms with Crippen molar-refractivity contribution in [3.63, 3.8) is 0 Å². The van der Waals surface area contributed by atoms with Crippen molar-refractivity contribution in [2.45, 2.75) is 38.1 Å². The summed E-state index contributed by atoms with van der Waals surface area (Å²) in [6, 6.07) is 12.8. The summed E-state index contributed by atoms with van der Waals surface area (Å²) in [6.45, 7) is 4.19. The average Bonchev–Trinajstić information content (AvgIpc) is 3.14. The molecule has 3 aromatic rings. The highest BCUT2D eigenvalue weighted by Gasteiger charge is 2.27. The van der Waals surface area contributed by atoms with Gasteiger partial charge in [0.1, 0.15) is 5.82 Å². The number of amides is 1. The molecular weight excluding hydrogens is 353 g/mol. The summed E-state index contributed by atoms with van der Waals surface area (Å²) in [6.07, 6.45) is 5.20. The van der Waals surface area contributed by atoms with E-state index in [-0.39, 0.29) is 5.82 Å². The molecule has 0 radical (unpaired) electrons. The van der Waals surface area contributed by atoms with Gasteiger partial charge in [-0.3, -0.25) is 9.69 Å². The number of carbonyl (C=O) groups is 1. The molecule has 1 aliphatic rings. The van der Waals surface area contributed by atoms with Gasteiger partial charge in [-0.05, 0) is 79.7 Å². The molecule has 0 saturated carbocycles. The Morgan fingerprint density at radius 2 is 1.93 bits per heavy atom. The highest BCUT2D eigenvalue weighted by Crippen LogP contribution is 2.36. The number of nitrogens with zero attached hydrogens (tertiary/aromatic N) is 1. The molecule has 4 nitrogen and oxygen atoms in total. The third-order valence-corrected chi connectivity index (χ3v) is 6.05. The van der Waals surface area contributed by atoms with Crippen LogP contribution in [0, 0.1) is 5.82 Å². The van der Waals surface area contributed by atoms with E-state index in [1.54, 1.807) is 18.2 Å². The zero-order chi connectivity index (χ0) is 19.7. The summed E-state index contributed by atoms with van der Waals surface area (Å²) in [7, 11) is 0. The van der Waals surface area contributed by atoms with E-state index >= 15 is 0 Å². The van der Waals surface area contributed by atoms with Crippen molar-refractivity contribution in [3.8, 4) is 0 Å². The molecule has 5 heteroatoms. The zero-order valence-electron chi connectivity index (χ0n) is 16.1. The maximum absolute atomic E-state index is 13.3. The maximum atomic E-state index is 13.3. The Balaban J connectivity index is 1.51. The molecule has 1 atom stereocenters. The molecular formula is C23H26FN3O. The van der Waals surface area contributed by atoms with Crippen molar-refractivity contribution in [2.75, 3.05) is 13.1 Å². The van der Waals surface area contributed by atoms with Crippen LogP contribution >= 0.6 is 0 Å². The fraction of sp³-hybridized carbons (Fsp3) is 0.348. The van der Waals surface area contributed by atoms with Crippen LogP contribution in [0.15, 0.2) is 48.7 Å². The summed E-state index contributed by atoms with van der Waals surface area (Å²) < 4.78 is 13.3. The molecule has 0 unspecified atom stereocenters. The molecule has 3 N–H and O–H groups in total. The van der Waals surface area contributed by atoms with Crippen LogP contribution in [0.3, 0.4) is 0 Å². The number of H-pyrrole nitrogens is 1. The van der Waals surface area contributed by atoms with Gasteiger partial charge in [-0.2, -0.15) is 0 Å². The Morgan fingerprint density at radius 1 is 1.21 bits per heavy atom. The molecule has 0 bridgehead atoms. The van der Waals surface area contributed by atoms with Gasteiger partial charge < -0.3 is 10.7 Å². The molecule has 2 heterocycles. The minimum Gasteiger partial charge on any atom is -0.366 e. The number of piperidine rings is 1. The Morgan fingerprint density at radius 3 is 2.57 bits per heavy atom. The zero-order valence-corrected chi connectivity index (χ0v) is 16.1. The largest absolute Gasteiger partial charge is 0.366 e. The van der Waals surface area contributed by atoms with Gasteiger partial charge >= 0.3 is 0 Å². The van der Waals surface area contributed by atoms with Crippen LogP contribution in [-0.2, 0) is 0 Å². The van der Waals surface area contributed by atoms with E-state index in [1.165, 1.54) is 11.1 Å². The first-order chi connectivity index (χ1) is 13.6. The fourth-order valence-corrected chi connectivity index (χ4v) is 4.55. The van der Waals surface area contributed by atoms with Crippen molar-refractivity contribution >= 4 is 16.8 Å². The Labute approximate surface area is 164 Å². The van der Waals surface area contributed by atoms with Crippen LogP contribution in [-0.4, -0.2) is 28.9 Å². The van der Waals surface area contributed by atoms with Crippen LogP contribution in [0.2, 0.25) is 0 Å². The molecule has 1 fully saturated rings. The van der Waals surface area contributed by atoms with Gasteiger partial charge in [0.2, 0.25) is 5.91 Å². The van der Waals surface area contributed by atoms with E-state index in [4.69, 9.17) is 5.73 Å². The van der Waals surface area contributed by atoms with Gasteiger partial charge in [-0.1, -0.05) is 19.1 Å². The minimum absolute atomic E-state index is 0.188. The first kappa shape index (κ1) is 18.7. The summed E-state index contributed by atoms with van der Waals surface area (Å²) in [5, 5.41) is 1.10. The number of hydrogen-bond acceptors (Lipinski definition) is 2. The fourth-order valence-electron chi connectivity index (χ4n) is 4.55. The summed E-state index contributed by atoms with van der Waals surface area (Å²) in [5.41, 5.74) is 9.50. The number of benzene rings is 2. The quantitative estimate of drug-likeness (QED) is 0.673. The number of aromatic amines is 1. The minimum atomic E-state index is -0.394. The first-order valence-corrected chi connectivity index (χ1v) is 9.97. The van der Waals surface area contributed by atoms with Crippen molar-refractivity contribution in [1.82, 2.24) is 9.88 Å². The number of likely N-dealkylation sites (tertiary alicyclic amines) is 1. The van der Waals surface area contributed by atoms with Crippen molar-refractivity contribution < 1.29 is 9.18 Å². The Hall–Kier alpha value is -2.66. The number of fused-ring (bicyclic) bond motifs is 1. The van der Waals surface area contributed by atoms with E-state index in [0.29, 0.717) is 17.5 Å². The third kappa shape index (κ3) is 3.54. The van der Waals surface area contributed by atoms with Crippen molar-refractivity contribution in [3.05, 3.63) is 71.2 Å². The maximum Gasteiger partial charge on any atom is 0.248 e. The van der Waals surface area contributed by atoms with Gasteiger partial charge in [0, 0.05) is 28.7 Å². The van der Waals surface area contributed by atoms with Crippen molar-refractivity contribution in [1.29, 1.82) is 0 Å². The van der Waals surface area contributed by atoms with Gasteiger partial charge in [0.05, 0.1) is 0 Å². The highest BCUT2D eigenvalue weighted by atomic mass is 19.1. The average molecular weight is 379 g/mol. The molecule has 0 aliphatic carbocycles. The normalized spacial score (nSPS) is 17.1. The monoisotopic (exact) mass is 379 g/mol. The smallest absolute Gasteiger partial charge is 0.248 e. The molecule has 1 aromatic heterocycles. The van der Waals surface area contributed by atoms with E-state index in [2.05, 4.69) is 23.0 Å². The summed E-state index contributed by atoms with van der Waals surface area (Å²) in [4.78, 5) is 17.4. The van der Waals surface area contributed by atoms with Crippen molar-refractivity contribution in [2.24, 2.45) is 5.73 Å². The third-order valence-electron chi connectivity index (χ3n) is 6.05. The molecule has 4 rings (SSSR count). The summed E-state index contributed by atoms with van der Waals surface area (Å²) >= 11 is 0. The number of rotatable bonds is 5. The molecule has 1 aliphatic heterocycles. The molecule has 146 valence electrons. The van der Waals surface area contributed by atoms with Crippen LogP contribution in [0.4, 0.5) is 4.39 Å². The molecule has 1 saturated heterocycles. The molecule has 0 spiro atoms. The molecule has 2 aromatic carbocycles. The van der Waals surface area contributed by atoms with Crippen LogP contribution in [0.25, 0.3) is 10.9 Å². The first-order valence-electron chi connectivity index (χ1n) is 9.97. The van der Waals surface area contributed by atoms with Crippen LogP contribution in [0.1, 0.15) is 59.6 Å². The second-order valence-electron chi connectivity index (χ2n) is 7.65. The van der Waals surface area contributed by atoms with E-state index in [1.807, 2.05) is 24.3 Å². The molecule has 1 amide bonds. The lowest BCUT2D eigenvalue weighted by molar-refractivity contribution is 0.100. The lowest BCUT2D eigenvalue weighted by Crippen LogP contribution is -2.36. The number of halogens is 1. The predicted octanol–water partition coefficient (Wildman–Crippen LogP) is 4.74. The Kier molecular flexibility index (Phi) is 5.18. The molecule has 28 heavy (non-hydrogen) atoms. The number of aromatic nitrogens is 1. The second-order valence-corrected chi connectivity index (χ2v) is 7.65. The number of hydrogen-bond donors (Lipinski definition) is 2. The number of primary amides is 1. The lowest BCUT2D eigenvalue weighted by Gasteiger charge is -2.37. The van der Waals surface area contributed by atoms with Crippen LogP contribution < -0.4 is 5.73 Å². The topological polar surface area (TPSA) is 62.1 Å².